The number of nitrogens with one attached hydrogen (secondary N) is 1. The lowest BCUT2D eigenvalue weighted by Crippen LogP contribution is -2.20. The van der Waals surface area contributed by atoms with E-state index < -0.39 is 17.7 Å². The minimum absolute atomic E-state index is 0.0557. The third kappa shape index (κ3) is 1.96. The average molecular weight is 221 g/mol. The molecule has 1 aromatic heterocycles. The molecule has 1 heterocycles. The van der Waals surface area contributed by atoms with Crippen molar-refractivity contribution in [3.05, 3.63) is 34.3 Å². The number of fused-ring (bicyclic) bond motifs is 1. The number of primary amides is 1. The van der Waals surface area contributed by atoms with Gasteiger partial charge in [-0.2, -0.15) is 0 Å². The van der Waals surface area contributed by atoms with E-state index >= 15 is 0 Å². The molecule has 0 radical (unpaired) electrons. The van der Waals surface area contributed by atoms with Crippen LogP contribution in [0.1, 0.15) is 18.0 Å². The van der Waals surface area contributed by atoms with Gasteiger partial charge in [0.2, 0.25) is 5.91 Å². The fourth-order valence-electron chi connectivity index (χ4n) is 1.53. The number of benzene rings is 1. The van der Waals surface area contributed by atoms with Crippen molar-refractivity contribution in [2.75, 3.05) is 0 Å². The summed E-state index contributed by atoms with van der Waals surface area (Å²) in [6, 6.07) is 4.54. The number of carbonyl (C=O) groups is 1. The number of amides is 1. The Kier molecular flexibility index (Phi) is 2.49. The molecule has 1 unspecified atom stereocenters. The Bertz CT molecular complexity index is 584. The molecule has 1 aromatic carbocycles. The number of hydrogen-bond acceptors (Lipinski definition) is 4. The lowest BCUT2D eigenvalue weighted by Gasteiger charge is -2.08. The normalized spacial score (nSPS) is 12.8. The maximum atomic E-state index is 10.9. The standard InChI is InChI=1S/C10H11N3O3/c11-6(4-9(12)14)5-1-2-7-8(3-5)16-10(15)13-7/h1-3,6H,4,11H2,(H2,12,14)(H,13,15). The summed E-state index contributed by atoms with van der Waals surface area (Å²) in [7, 11) is 0. The van der Waals surface area contributed by atoms with Crippen molar-refractivity contribution in [2.24, 2.45) is 11.5 Å². The third-order valence-electron chi connectivity index (χ3n) is 2.29. The van der Waals surface area contributed by atoms with Crippen molar-refractivity contribution in [1.82, 2.24) is 4.98 Å². The highest BCUT2D eigenvalue weighted by atomic mass is 16.4. The van der Waals surface area contributed by atoms with Crippen molar-refractivity contribution >= 4 is 17.0 Å². The maximum Gasteiger partial charge on any atom is 0.417 e. The van der Waals surface area contributed by atoms with Gasteiger partial charge in [-0.15, -0.1) is 0 Å². The van der Waals surface area contributed by atoms with E-state index in [1.54, 1.807) is 18.2 Å². The molecule has 0 spiro atoms. The summed E-state index contributed by atoms with van der Waals surface area (Å²) in [5, 5.41) is 0. The van der Waals surface area contributed by atoms with Gasteiger partial charge in [-0.1, -0.05) is 6.07 Å². The van der Waals surface area contributed by atoms with E-state index in [0.717, 1.165) is 0 Å². The average Bonchev–Trinajstić information content (AvgIpc) is 2.55. The monoisotopic (exact) mass is 221 g/mol. The van der Waals surface area contributed by atoms with Crippen LogP contribution in [0.4, 0.5) is 0 Å². The highest BCUT2D eigenvalue weighted by Crippen LogP contribution is 2.18. The van der Waals surface area contributed by atoms with Gasteiger partial charge in [-0.25, -0.2) is 4.79 Å². The smallest absolute Gasteiger partial charge is 0.408 e. The molecule has 0 bridgehead atoms. The molecule has 0 saturated heterocycles. The number of H-pyrrole nitrogens is 1. The molecule has 6 nitrogen and oxygen atoms in total. The minimum atomic E-state index is -0.518. The molecular formula is C10H11N3O3. The van der Waals surface area contributed by atoms with Crippen LogP contribution in [0.25, 0.3) is 11.1 Å². The molecular weight excluding hydrogens is 210 g/mol. The van der Waals surface area contributed by atoms with Gasteiger partial charge in [0.05, 0.1) is 5.52 Å². The molecule has 0 aliphatic carbocycles. The topological polar surface area (TPSA) is 115 Å². The minimum Gasteiger partial charge on any atom is -0.408 e. The zero-order valence-corrected chi connectivity index (χ0v) is 8.40. The van der Waals surface area contributed by atoms with E-state index in [2.05, 4.69) is 4.98 Å². The predicted molar refractivity (Wildman–Crippen MR) is 57.6 cm³/mol. The summed E-state index contributed by atoms with van der Waals surface area (Å²) in [6.45, 7) is 0. The van der Waals surface area contributed by atoms with Gasteiger partial charge in [-0.05, 0) is 17.7 Å². The first-order valence-electron chi connectivity index (χ1n) is 4.73. The number of oxazole rings is 1. The Hall–Kier alpha value is -2.08. The molecule has 84 valence electrons. The second-order valence-electron chi connectivity index (χ2n) is 3.55. The molecule has 2 rings (SSSR count). The van der Waals surface area contributed by atoms with Crippen molar-refractivity contribution in [3.63, 3.8) is 0 Å². The van der Waals surface area contributed by atoms with Gasteiger partial charge in [-0.3, -0.25) is 9.78 Å². The van der Waals surface area contributed by atoms with Gasteiger partial charge >= 0.3 is 5.76 Å². The zero-order valence-electron chi connectivity index (χ0n) is 8.40. The van der Waals surface area contributed by atoms with E-state index in [1.807, 2.05) is 0 Å². The van der Waals surface area contributed by atoms with Gasteiger partial charge in [0.15, 0.2) is 5.58 Å². The number of aromatic nitrogens is 1. The molecule has 0 saturated carbocycles. The number of nitrogens with two attached hydrogens (primary N) is 2. The first kappa shape index (κ1) is 10.4. The van der Waals surface area contributed by atoms with Gasteiger partial charge in [0.25, 0.3) is 0 Å². The predicted octanol–water partition coefficient (Wildman–Crippen LogP) is -0.00370. The van der Waals surface area contributed by atoms with Crippen LogP contribution < -0.4 is 17.2 Å². The Labute approximate surface area is 90.2 Å². The summed E-state index contributed by atoms with van der Waals surface area (Å²) < 4.78 is 4.88. The van der Waals surface area contributed by atoms with Crippen LogP contribution in [0.15, 0.2) is 27.4 Å². The third-order valence-corrected chi connectivity index (χ3v) is 2.29. The molecule has 0 fully saturated rings. The van der Waals surface area contributed by atoms with E-state index in [4.69, 9.17) is 15.9 Å². The summed E-state index contributed by atoms with van der Waals surface area (Å²) in [4.78, 5) is 24.1. The van der Waals surface area contributed by atoms with Crippen LogP contribution in [-0.4, -0.2) is 10.9 Å². The molecule has 1 amide bonds. The Balaban J connectivity index is 2.38. The fraction of sp³-hybridized carbons (Fsp3) is 0.200. The highest BCUT2D eigenvalue weighted by Gasteiger charge is 2.11. The lowest BCUT2D eigenvalue weighted by atomic mass is 10.0. The summed E-state index contributed by atoms with van der Waals surface area (Å²) in [6.07, 6.45) is 0.0557. The maximum absolute atomic E-state index is 10.9. The summed E-state index contributed by atoms with van der Waals surface area (Å²) >= 11 is 0. The fourth-order valence-corrected chi connectivity index (χ4v) is 1.53. The first-order valence-corrected chi connectivity index (χ1v) is 4.73. The van der Waals surface area contributed by atoms with Gasteiger partial charge < -0.3 is 15.9 Å². The Morgan fingerprint density at radius 3 is 2.94 bits per heavy atom. The van der Waals surface area contributed by atoms with Gasteiger partial charge in [0, 0.05) is 12.5 Å². The zero-order chi connectivity index (χ0) is 11.7. The van der Waals surface area contributed by atoms with Crippen LogP contribution in [0.3, 0.4) is 0 Å². The van der Waals surface area contributed by atoms with Crippen LogP contribution >= 0.6 is 0 Å². The van der Waals surface area contributed by atoms with Crippen molar-refractivity contribution in [2.45, 2.75) is 12.5 Å². The number of aromatic amines is 1. The molecule has 1 atom stereocenters. The molecule has 5 N–H and O–H groups in total. The molecule has 2 aromatic rings. The van der Waals surface area contributed by atoms with E-state index in [-0.39, 0.29) is 6.42 Å². The SMILES string of the molecule is NC(=O)CC(N)c1ccc2[nH]c(=O)oc2c1. The van der Waals surface area contributed by atoms with E-state index in [9.17, 15) is 9.59 Å². The quantitative estimate of drug-likeness (QED) is 0.676. The number of hydrogen-bond donors (Lipinski definition) is 3. The van der Waals surface area contributed by atoms with Gasteiger partial charge in [0.1, 0.15) is 0 Å². The summed E-state index contributed by atoms with van der Waals surface area (Å²) in [5.74, 6) is -0.987. The van der Waals surface area contributed by atoms with Crippen molar-refractivity contribution in [1.29, 1.82) is 0 Å². The highest BCUT2D eigenvalue weighted by molar-refractivity contribution is 5.76. The second-order valence-corrected chi connectivity index (χ2v) is 3.55. The van der Waals surface area contributed by atoms with E-state index in [0.29, 0.717) is 16.7 Å². The summed E-state index contributed by atoms with van der Waals surface area (Å²) in [5.41, 5.74) is 12.5. The molecule has 6 heteroatoms. The Morgan fingerprint density at radius 1 is 1.50 bits per heavy atom. The van der Waals surface area contributed by atoms with Crippen molar-refractivity contribution < 1.29 is 9.21 Å². The van der Waals surface area contributed by atoms with Crippen LogP contribution in [0.2, 0.25) is 0 Å². The van der Waals surface area contributed by atoms with Crippen LogP contribution in [-0.2, 0) is 4.79 Å². The lowest BCUT2D eigenvalue weighted by molar-refractivity contribution is -0.118. The molecule has 16 heavy (non-hydrogen) atoms. The molecule has 0 aliphatic heterocycles. The number of carbonyl (C=O) groups excluding carboxylic acids is 1. The second kappa shape index (κ2) is 3.82. The number of rotatable bonds is 3. The Morgan fingerprint density at radius 2 is 2.25 bits per heavy atom. The first-order chi connectivity index (χ1) is 7.56. The van der Waals surface area contributed by atoms with Crippen LogP contribution in [0, 0.1) is 0 Å². The van der Waals surface area contributed by atoms with Crippen molar-refractivity contribution in [3.8, 4) is 0 Å². The van der Waals surface area contributed by atoms with E-state index in [1.165, 1.54) is 0 Å². The largest absolute Gasteiger partial charge is 0.417 e. The van der Waals surface area contributed by atoms with Crippen LogP contribution in [0.5, 0.6) is 0 Å². The molecule has 0 aliphatic rings.